The van der Waals surface area contributed by atoms with E-state index in [4.69, 9.17) is 0 Å². The van der Waals surface area contributed by atoms with Crippen molar-refractivity contribution in [2.45, 2.75) is 19.8 Å². The fourth-order valence-electron chi connectivity index (χ4n) is 1.88. The minimum Gasteiger partial charge on any atom is -0.427 e. The lowest BCUT2D eigenvalue weighted by atomic mass is 10.0. The zero-order valence-electron chi connectivity index (χ0n) is 7.97. The second kappa shape index (κ2) is 2.50. The Hall–Kier alpha value is -2.05. The molecule has 1 aliphatic carbocycles. The second-order valence-electron chi connectivity index (χ2n) is 3.49. The van der Waals surface area contributed by atoms with Gasteiger partial charge in [0.2, 0.25) is 5.69 Å². The minimum atomic E-state index is 0.393. The topological polar surface area (TPSA) is 91.0 Å². The van der Waals surface area contributed by atoms with E-state index >= 15 is 0 Å². The Balaban J connectivity index is 2.30. The molecule has 0 aliphatic heterocycles. The van der Waals surface area contributed by atoms with Crippen molar-refractivity contribution in [2.24, 2.45) is 0 Å². The van der Waals surface area contributed by atoms with E-state index in [0.717, 1.165) is 4.73 Å². The van der Waals surface area contributed by atoms with Crippen LogP contribution in [0.1, 0.15) is 17.2 Å². The highest BCUT2D eigenvalue weighted by Gasteiger charge is 2.32. The predicted octanol–water partition coefficient (Wildman–Crippen LogP) is -0.184. The minimum absolute atomic E-state index is 0.393. The summed E-state index contributed by atoms with van der Waals surface area (Å²) in [6, 6.07) is 0. The summed E-state index contributed by atoms with van der Waals surface area (Å²) in [5.41, 5.74) is 2.12. The quantitative estimate of drug-likeness (QED) is 0.478. The van der Waals surface area contributed by atoms with Gasteiger partial charge in [-0.2, -0.15) is 4.73 Å². The Bertz CT molecular complexity index is 542. The number of aryl methyl sites for hydroxylation is 1. The number of nitrogens with zero attached hydrogens (tertiary/aromatic N) is 4. The lowest BCUT2D eigenvalue weighted by molar-refractivity contribution is -0.807. The zero-order chi connectivity index (χ0) is 10.6. The summed E-state index contributed by atoms with van der Waals surface area (Å²) in [7, 11) is 0. The molecule has 0 saturated heterocycles. The third-order valence-electron chi connectivity index (χ3n) is 2.63. The molecular formula is C8H8N4O3. The van der Waals surface area contributed by atoms with Crippen LogP contribution in [0.5, 0.6) is 0 Å². The first-order chi connectivity index (χ1) is 7.18. The molecule has 1 aliphatic rings. The van der Waals surface area contributed by atoms with Gasteiger partial charge < -0.3 is 10.4 Å². The summed E-state index contributed by atoms with van der Waals surface area (Å²) in [4.78, 5) is 4.54. The lowest BCUT2D eigenvalue weighted by Crippen LogP contribution is -2.29. The largest absolute Gasteiger partial charge is 0.427 e. The Morgan fingerprint density at radius 3 is 3.07 bits per heavy atom. The monoisotopic (exact) mass is 208 g/mol. The molecule has 2 aromatic rings. The van der Waals surface area contributed by atoms with Crippen LogP contribution in [0.2, 0.25) is 0 Å². The van der Waals surface area contributed by atoms with Gasteiger partial charge in [-0.1, -0.05) is 0 Å². The number of aromatic nitrogens is 4. The van der Waals surface area contributed by atoms with Gasteiger partial charge in [-0.25, -0.2) is 4.98 Å². The van der Waals surface area contributed by atoms with Gasteiger partial charge in [0.1, 0.15) is 11.5 Å². The smallest absolute Gasteiger partial charge is 0.271 e. The van der Waals surface area contributed by atoms with Gasteiger partial charge >= 0.3 is 0 Å². The van der Waals surface area contributed by atoms with Crippen molar-refractivity contribution >= 4 is 0 Å². The standard InChI is InChI=1S/C8H8N4O3/c1-4-9-7-5(11(4)13)2-3-6-8(7)10-15-12(6)14/h13H,2-3H2,1H3. The van der Waals surface area contributed by atoms with Gasteiger partial charge in [-0.05, 0) is 11.8 Å². The molecule has 0 aromatic carbocycles. The SMILES string of the molecule is Cc1nc2c(n1O)CCc1c-2no[n+]1[O-]. The van der Waals surface area contributed by atoms with Gasteiger partial charge in [0.15, 0.2) is 0 Å². The van der Waals surface area contributed by atoms with Crippen LogP contribution in [-0.4, -0.2) is 20.1 Å². The first kappa shape index (κ1) is 8.27. The predicted molar refractivity (Wildman–Crippen MR) is 46.0 cm³/mol. The van der Waals surface area contributed by atoms with Crippen LogP contribution < -0.4 is 4.90 Å². The summed E-state index contributed by atoms with van der Waals surface area (Å²) in [5.74, 6) is 0.480. The number of fused-ring (bicyclic) bond motifs is 3. The highest BCUT2D eigenvalue weighted by molar-refractivity contribution is 5.61. The molecule has 0 atom stereocenters. The molecule has 15 heavy (non-hydrogen) atoms. The molecule has 0 radical (unpaired) electrons. The molecule has 2 aromatic heterocycles. The van der Waals surface area contributed by atoms with Gasteiger partial charge in [0, 0.05) is 18.0 Å². The number of imidazole rings is 1. The average molecular weight is 208 g/mol. The fraction of sp³-hybridized carbons (Fsp3) is 0.375. The summed E-state index contributed by atoms with van der Waals surface area (Å²) in [6.07, 6.45) is 1.06. The third kappa shape index (κ3) is 0.915. The summed E-state index contributed by atoms with van der Waals surface area (Å²) in [6.45, 7) is 1.68. The van der Waals surface area contributed by atoms with Crippen LogP contribution in [-0.2, 0) is 12.8 Å². The Labute approximate surface area is 84.1 Å². The third-order valence-corrected chi connectivity index (χ3v) is 2.63. The van der Waals surface area contributed by atoms with E-state index in [1.54, 1.807) is 6.92 Å². The van der Waals surface area contributed by atoms with Crippen LogP contribution in [0.3, 0.4) is 0 Å². The van der Waals surface area contributed by atoms with Crippen LogP contribution >= 0.6 is 0 Å². The van der Waals surface area contributed by atoms with Crippen LogP contribution in [0.25, 0.3) is 11.4 Å². The maximum Gasteiger partial charge on any atom is 0.271 e. The Kier molecular flexibility index (Phi) is 1.38. The maximum atomic E-state index is 11.2. The number of hydrogen-bond donors (Lipinski definition) is 1. The average Bonchev–Trinajstić information content (AvgIpc) is 2.72. The van der Waals surface area contributed by atoms with E-state index in [2.05, 4.69) is 14.8 Å². The molecule has 0 amide bonds. The van der Waals surface area contributed by atoms with E-state index < -0.39 is 0 Å². The first-order valence-electron chi connectivity index (χ1n) is 4.55. The van der Waals surface area contributed by atoms with Crippen molar-refractivity contribution in [3.8, 4) is 11.4 Å². The van der Waals surface area contributed by atoms with Crippen molar-refractivity contribution < 1.29 is 14.7 Å². The summed E-state index contributed by atoms with van der Waals surface area (Å²) in [5, 5.41) is 24.4. The normalized spacial score (nSPS) is 13.7. The van der Waals surface area contributed by atoms with Crippen molar-refractivity contribution in [1.29, 1.82) is 0 Å². The van der Waals surface area contributed by atoms with Crippen LogP contribution in [0, 0.1) is 12.1 Å². The molecule has 7 heteroatoms. The molecule has 0 unspecified atom stereocenters. The van der Waals surface area contributed by atoms with Gasteiger partial charge in [-0.3, -0.25) is 4.63 Å². The zero-order valence-corrected chi connectivity index (χ0v) is 7.97. The molecule has 0 fully saturated rings. The van der Waals surface area contributed by atoms with Gasteiger partial charge in [0.25, 0.3) is 5.69 Å². The molecular weight excluding hydrogens is 200 g/mol. The fourth-order valence-corrected chi connectivity index (χ4v) is 1.88. The first-order valence-corrected chi connectivity index (χ1v) is 4.55. The molecule has 1 N–H and O–H groups in total. The van der Waals surface area contributed by atoms with E-state index in [-0.39, 0.29) is 0 Å². The Morgan fingerprint density at radius 2 is 2.27 bits per heavy atom. The van der Waals surface area contributed by atoms with E-state index in [1.807, 2.05) is 0 Å². The number of hydrogen-bond acceptors (Lipinski definition) is 5. The molecule has 7 nitrogen and oxygen atoms in total. The second-order valence-corrected chi connectivity index (χ2v) is 3.49. The number of rotatable bonds is 0. The maximum absolute atomic E-state index is 11.2. The van der Waals surface area contributed by atoms with E-state index in [9.17, 15) is 10.4 Å². The molecule has 0 spiro atoms. The highest BCUT2D eigenvalue weighted by atomic mass is 16.8. The van der Waals surface area contributed by atoms with E-state index in [0.29, 0.717) is 46.3 Å². The van der Waals surface area contributed by atoms with Crippen molar-refractivity contribution in [3.05, 3.63) is 22.4 Å². The molecule has 3 rings (SSSR count). The lowest BCUT2D eigenvalue weighted by Gasteiger charge is -2.06. The molecule has 2 heterocycles. The summed E-state index contributed by atoms with van der Waals surface area (Å²) < 4.78 is 5.53. The van der Waals surface area contributed by atoms with E-state index in [1.165, 1.54) is 0 Å². The van der Waals surface area contributed by atoms with Crippen molar-refractivity contribution in [3.63, 3.8) is 0 Å². The Morgan fingerprint density at radius 1 is 1.47 bits per heavy atom. The summed E-state index contributed by atoms with van der Waals surface area (Å²) >= 11 is 0. The van der Waals surface area contributed by atoms with Crippen molar-refractivity contribution in [2.75, 3.05) is 0 Å². The van der Waals surface area contributed by atoms with Gasteiger partial charge in [0.05, 0.1) is 5.69 Å². The van der Waals surface area contributed by atoms with Crippen LogP contribution in [0.4, 0.5) is 0 Å². The molecule has 0 saturated carbocycles. The molecule has 0 bridgehead atoms. The highest BCUT2D eigenvalue weighted by Crippen LogP contribution is 2.29. The molecule has 78 valence electrons. The van der Waals surface area contributed by atoms with Gasteiger partial charge in [-0.15, -0.1) is 0 Å². The van der Waals surface area contributed by atoms with Crippen molar-refractivity contribution in [1.82, 2.24) is 14.9 Å². The van der Waals surface area contributed by atoms with Crippen LogP contribution in [0.15, 0.2) is 4.63 Å².